The van der Waals surface area contributed by atoms with Gasteiger partial charge in [0.25, 0.3) is 0 Å². The first-order valence-corrected chi connectivity index (χ1v) is 8.54. The van der Waals surface area contributed by atoms with Crippen molar-refractivity contribution < 1.29 is 14.1 Å². The number of para-hydroxylation sites is 1. The van der Waals surface area contributed by atoms with Crippen LogP contribution in [0.1, 0.15) is 24.8 Å². The summed E-state index contributed by atoms with van der Waals surface area (Å²) in [5, 5.41) is 6.92. The maximum Gasteiger partial charge on any atom is 0.227 e. The van der Waals surface area contributed by atoms with Crippen LogP contribution in [0.2, 0.25) is 0 Å². The SMILES string of the molecule is CCc1ccccc1NC(=O)CCc1nc(-c2cccc(OC)c2)no1. The Morgan fingerprint density at radius 2 is 2.04 bits per heavy atom. The molecular formula is C20H21N3O3. The zero-order valence-corrected chi connectivity index (χ0v) is 14.9. The Balaban J connectivity index is 1.60. The third-order valence-electron chi connectivity index (χ3n) is 4.03. The fourth-order valence-corrected chi connectivity index (χ4v) is 2.62. The fraction of sp³-hybridized carbons (Fsp3) is 0.250. The minimum absolute atomic E-state index is 0.0768. The van der Waals surface area contributed by atoms with Crippen molar-refractivity contribution in [3.8, 4) is 17.1 Å². The van der Waals surface area contributed by atoms with Crippen LogP contribution in [0.15, 0.2) is 53.1 Å². The number of amides is 1. The number of benzene rings is 2. The molecule has 6 heteroatoms. The van der Waals surface area contributed by atoms with E-state index in [-0.39, 0.29) is 12.3 Å². The topological polar surface area (TPSA) is 77.2 Å². The summed E-state index contributed by atoms with van der Waals surface area (Å²) in [4.78, 5) is 16.6. The van der Waals surface area contributed by atoms with Crippen LogP contribution in [0.3, 0.4) is 0 Å². The van der Waals surface area contributed by atoms with E-state index in [4.69, 9.17) is 9.26 Å². The van der Waals surface area contributed by atoms with Gasteiger partial charge in [-0.2, -0.15) is 4.98 Å². The van der Waals surface area contributed by atoms with Gasteiger partial charge in [0.2, 0.25) is 17.6 Å². The number of rotatable bonds is 7. The van der Waals surface area contributed by atoms with Gasteiger partial charge in [-0.1, -0.05) is 42.4 Å². The number of nitrogens with zero attached hydrogens (tertiary/aromatic N) is 2. The lowest BCUT2D eigenvalue weighted by Gasteiger charge is -2.08. The van der Waals surface area contributed by atoms with Crippen LogP contribution >= 0.6 is 0 Å². The standard InChI is InChI=1S/C20H21N3O3/c1-3-14-7-4-5-10-17(14)21-18(24)11-12-19-22-20(23-26-19)15-8-6-9-16(13-15)25-2/h4-10,13H,3,11-12H2,1-2H3,(H,21,24). The van der Waals surface area contributed by atoms with Crippen LogP contribution in [0, 0.1) is 0 Å². The first-order valence-electron chi connectivity index (χ1n) is 8.54. The number of aromatic nitrogens is 2. The Hall–Kier alpha value is -3.15. The lowest BCUT2D eigenvalue weighted by atomic mass is 10.1. The van der Waals surface area contributed by atoms with Crippen molar-refractivity contribution in [2.75, 3.05) is 12.4 Å². The van der Waals surface area contributed by atoms with E-state index < -0.39 is 0 Å². The van der Waals surface area contributed by atoms with Crippen molar-refractivity contribution in [3.05, 3.63) is 60.0 Å². The number of nitrogens with one attached hydrogen (secondary N) is 1. The van der Waals surface area contributed by atoms with Crippen LogP contribution in [0.25, 0.3) is 11.4 Å². The largest absolute Gasteiger partial charge is 0.497 e. The van der Waals surface area contributed by atoms with E-state index in [0.717, 1.165) is 29.0 Å². The average Bonchev–Trinajstić information content (AvgIpc) is 3.16. The van der Waals surface area contributed by atoms with Gasteiger partial charge in [-0.05, 0) is 30.2 Å². The van der Waals surface area contributed by atoms with Crippen molar-refractivity contribution in [1.82, 2.24) is 10.1 Å². The van der Waals surface area contributed by atoms with Gasteiger partial charge >= 0.3 is 0 Å². The molecule has 0 radical (unpaired) electrons. The molecule has 1 heterocycles. The predicted octanol–water partition coefficient (Wildman–Crippen LogP) is 3.88. The molecule has 0 spiro atoms. The van der Waals surface area contributed by atoms with E-state index >= 15 is 0 Å². The Morgan fingerprint density at radius 3 is 2.85 bits per heavy atom. The van der Waals surface area contributed by atoms with E-state index in [1.165, 1.54) is 0 Å². The van der Waals surface area contributed by atoms with Crippen LogP contribution in [0.4, 0.5) is 5.69 Å². The number of aryl methyl sites for hydroxylation is 2. The second kappa shape index (κ2) is 8.29. The smallest absolute Gasteiger partial charge is 0.227 e. The lowest BCUT2D eigenvalue weighted by molar-refractivity contribution is -0.116. The summed E-state index contributed by atoms with van der Waals surface area (Å²) in [6.45, 7) is 2.06. The number of hydrogen-bond acceptors (Lipinski definition) is 5. The molecule has 2 aromatic carbocycles. The van der Waals surface area contributed by atoms with E-state index in [0.29, 0.717) is 18.1 Å². The third kappa shape index (κ3) is 4.27. The molecule has 0 aliphatic rings. The Bertz CT molecular complexity index is 889. The number of ether oxygens (including phenoxy) is 1. The maximum atomic E-state index is 12.2. The molecule has 0 aliphatic heterocycles. The Morgan fingerprint density at radius 1 is 1.19 bits per heavy atom. The van der Waals surface area contributed by atoms with E-state index in [1.807, 2.05) is 48.5 Å². The molecular weight excluding hydrogens is 330 g/mol. The molecule has 26 heavy (non-hydrogen) atoms. The Labute approximate surface area is 152 Å². The second-order valence-electron chi connectivity index (χ2n) is 5.80. The molecule has 3 aromatic rings. The highest BCUT2D eigenvalue weighted by molar-refractivity contribution is 5.91. The van der Waals surface area contributed by atoms with Crippen LogP contribution in [-0.2, 0) is 17.6 Å². The summed E-state index contributed by atoms with van der Waals surface area (Å²) in [5.74, 6) is 1.56. The molecule has 0 atom stereocenters. The molecule has 0 aliphatic carbocycles. The molecule has 0 bridgehead atoms. The van der Waals surface area contributed by atoms with Gasteiger partial charge in [-0.15, -0.1) is 0 Å². The monoisotopic (exact) mass is 351 g/mol. The van der Waals surface area contributed by atoms with Gasteiger partial charge in [-0.3, -0.25) is 4.79 Å². The highest BCUT2D eigenvalue weighted by Gasteiger charge is 2.12. The van der Waals surface area contributed by atoms with Gasteiger partial charge in [-0.25, -0.2) is 0 Å². The Kier molecular flexibility index (Phi) is 5.63. The summed E-state index contributed by atoms with van der Waals surface area (Å²) >= 11 is 0. The maximum absolute atomic E-state index is 12.2. The second-order valence-corrected chi connectivity index (χ2v) is 5.80. The van der Waals surface area contributed by atoms with Crippen molar-refractivity contribution in [2.24, 2.45) is 0 Å². The van der Waals surface area contributed by atoms with Crippen molar-refractivity contribution in [2.45, 2.75) is 26.2 Å². The van der Waals surface area contributed by atoms with Gasteiger partial charge in [0.05, 0.1) is 7.11 Å². The molecule has 1 N–H and O–H groups in total. The summed E-state index contributed by atoms with van der Waals surface area (Å²) in [7, 11) is 1.61. The molecule has 0 unspecified atom stereocenters. The van der Waals surface area contributed by atoms with Gasteiger partial charge < -0.3 is 14.6 Å². The highest BCUT2D eigenvalue weighted by Crippen LogP contribution is 2.21. The normalized spacial score (nSPS) is 10.5. The molecule has 134 valence electrons. The first kappa shape index (κ1) is 17.7. The zero-order chi connectivity index (χ0) is 18.4. The minimum Gasteiger partial charge on any atom is -0.497 e. The van der Waals surface area contributed by atoms with E-state index in [1.54, 1.807) is 7.11 Å². The number of methoxy groups -OCH3 is 1. The van der Waals surface area contributed by atoms with E-state index in [9.17, 15) is 4.79 Å². The predicted molar refractivity (Wildman–Crippen MR) is 99.1 cm³/mol. The fourth-order valence-electron chi connectivity index (χ4n) is 2.62. The van der Waals surface area contributed by atoms with E-state index in [2.05, 4.69) is 22.4 Å². The molecule has 3 rings (SSSR count). The van der Waals surface area contributed by atoms with Gasteiger partial charge in [0.1, 0.15) is 5.75 Å². The number of hydrogen-bond donors (Lipinski definition) is 1. The molecule has 0 fully saturated rings. The van der Waals surface area contributed by atoms with Crippen LogP contribution in [-0.4, -0.2) is 23.2 Å². The molecule has 0 saturated carbocycles. The summed E-state index contributed by atoms with van der Waals surface area (Å²) < 4.78 is 10.5. The molecule has 6 nitrogen and oxygen atoms in total. The van der Waals surface area contributed by atoms with Crippen molar-refractivity contribution in [1.29, 1.82) is 0 Å². The van der Waals surface area contributed by atoms with Crippen LogP contribution < -0.4 is 10.1 Å². The lowest BCUT2D eigenvalue weighted by Crippen LogP contribution is -2.13. The molecule has 1 amide bonds. The zero-order valence-electron chi connectivity index (χ0n) is 14.9. The summed E-state index contributed by atoms with van der Waals surface area (Å²) in [6, 6.07) is 15.2. The average molecular weight is 351 g/mol. The quantitative estimate of drug-likeness (QED) is 0.699. The van der Waals surface area contributed by atoms with Gasteiger partial charge in [0.15, 0.2) is 0 Å². The molecule has 1 aromatic heterocycles. The third-order valence-corrected chi connectivity index (χ3v) is 4.03. The van der Waals surface area contributed by atoms with Gasteiger partial charge in [0, 0.05) is 24.1 Å². The summed E-state index contributed by atoms with van der Waals surface area (Å²) in [5.41, 5.74) is 2.77. The number of carbonyl (C=O) groups excluding carboxylic acids is 1. The minimum atomic E-state index is -0.0768. The first-order chi connectivity index (χ1) is 12.7. The van der Waals surface area contributed by atoms with Crippen molar-refractivity contribution >= 4 is 11.6 Å². The van der Waals surface area contributed by atoms with Crippen LogP contribution in [0.5, 0.6) is 5.75 Å². The highest BCUT2D eigenvalue weighted by atomic mass is 16.5. The van der Waals surface area contributed by atoms with Crippen molar-refractivity contribution in [3.63, 3.8) is 0 Å². The number of carbonyl (C=O) groups is 1. The number of anilines is 1. The summed E-state index contributed by atoms with van der Waals surface area (Å²) in [6.07, 6.45) is 1.53. The molecule has 0 saturated heterocycles.